The van der Waals surface area contributed by atoms with Crippen molar-refractivity contribution in [2.45, 2.75) is 52.1 Å². The fourth-order valence-corrected chi connectivity index (χ4v) is 4.83. The van der Waals surface area contributed by atoms with Gasteiger partial charge in [0.1, 0.15) is 5.70 Å². The van der Waals surface area contributed by atoms with Crippen LogP contribution in [0.25, 0.3) is 6.08 Å². The van der Waals surface area contributed by atoms with Crippen LogP contribution in [0.4, 0.5) is 5.69 Å². The molecule has 2 aromatic carbocycles. The topological polar surface area (TPSA) is 41.9 Å². The number of anilines is 1. The van der Waals surface area contributed by atoms with Crippen LogP contribution in [0.3, 0.4) is 0 Å². The van der Waals surface area contributed by atoms with Crippen LogP contribution in [-0.2, 0) is 9.53 Å². The third-order valence-corrected chi connectivity index (χ3v) is 6.77. The zero-order chi connectivity index (χ0) is 21.8. The van der Waals surface area contributed by atoms with Gasteiger partial charge in [-0.05, 0) is 61.4 Å². The van der Waals surface area contributed by atoms with Gasteiger partial charge in [-0.25, -0.2) is 4.99 Å². The highest BCUT2D eigenvalue weighted by atomic mass is 32.2. The van der Waals surface area contributed by atoms with Crippen molar-refractivity contribution < 1.29 is 9.53 Å². The van der Waals surface area contributed by atoms with Crippen LogP contribution in [0.15, 0.2) is 59.2 Å². The first kappa shape index (κ1) is 21.8. The number of thioether (sulfide) groups is 1. The molecule has 162 valence electrons. The number of benzene rings is 2. The lowest BCUT2D eigenvalue weighted by Crippen LogP contribution is -2.31. The largest absolute Gasteiger partial charge is 0.377 e. The first-order valence-corrected chi connectivity index (χ1v) is 12.1. The molecule has 2 aliphatic rings. The number of carbonyl (C=O) groups is 1. The number of hydrogen-bond acceptors (Lipinski definition) is 4. The molecule has 2 aromatic rings. The van der Waals surface area contributed by atoms with Crippen molar-refractivity contribution >= 4 is 34.6 Å². The summed E-state index contributed by atoms with van der Waals surface area (Å²) < 4.78 is 5.88. The minimum absolute atomic E-state index is 0.0798. The van der Waals surface area contributed by atoms with Crippen molar-refractivity contribution in [2.24, 2.45) is 4.99 Å². The number of amidine groups is 1. The van der Waals surface area contributed by atoms with E-state index in [1.807, 2.05) is 37.3 Å². The maximum atomic E-state index is 13.3. The van der Waals surface area contributed by atoms with Crippen molar-refractivity contribution in [1.82, 2.24) is 0 Å². The minimum atomic E-state index is -0.0798. The molecule has 0 spiro atoms. The van der Waals surface area contributed by atoms with Crippen LogP contribution in [-0.4, -0.2) is 29.5 Å². The molecule has 4 rings (SSSR count). The molecule has 1 amide bonds. The summed E-state index contributed by atoms with van der Waals surface area (Å²) in [5, 5.41) is 0.730. The molecular formula is C26H30N2O2S. The molecule has 0 bridgehead atoms. The molecule has 2 aliphatic heterocycles. The van der Waals surface area contributed by atoms with Crippen LogP contribution < -0.4 is 4.90 Å². The van der Waals surface area contributed by atoms with E-state index >= 15 is 0 Å². The summed E-state index contributed by atoms with van der Waals surface area (Å²) in [5.74, 6) is 1.21. The predicted octanol–water partition coefficient (Wildman–Crippen LogP) is 6.16. The molecule has 1 saturated heterocycles. The van der Waals surface area contributed by atoms with Crippen molar-refractivity contribution in [2.75, 3.05) is 17.3 Å². The van der Waals surface area contributed by atoms with E-state index in [2.05, 4.69) is 38.1 Å². The van der Waals surface area contributed by atoms with Gasteiger partial charge in [-0.1, -0.05) is 67.6 Å². The monoisotopic (exact) mass is 434 g/mol. The zero-order valence-electron chi connectivity index (χ0n) is 18.5. The Kier molecular flexibility index (Phi) is 6.93. The Morgan fingerprint density at radius 2 is 1.87 bits per heavy atom. The number of carbonyl (C=O) groups excluding carboxylic acids is 1. The van der Waals surface area contributed by atoms with E-state index in [4.69, 9.17) is 9.73 Å². The Labute approximate surface area is 189 Å². The lowest BCUT2D eigenvalue weighted by Gasteiger charge is -2.23. The van der Waals surface area contributed by atoms with Gasteiger partial charge < -0.3 is 4.74 Å². The normalized spacial score (nSPS) is 20.6. The van der Waals surface area contributed by atoms with E-state index in [9.17, 15) is 4.79 Å². The molecule has 0 N–H and O–H groups in total. The Morgan fingerprint density at radius 1 is 1.13 bits per heavy atom. The maximum Gasteiger partial charge on any atom is 0.283 e. The van der Waals surface area contributed by atoms with Gasteiger partial charge >= 0.3 is 0 Å². The fraction of sp³-hybridized carbons (Fsp3) is 0.385. The van der Waals surface area contributed by atoms with Crippen molar-refractivity contribution in [1.29, 1.82) is 0 Å². The molecular weight excluding hydrogens is 404 g/mol. The molecule has 1 unspecified atom stereocenters. The van der Waals surface area contributed by atoms with Gasteiger partial charge in [-0.15, -0.1) is 0 Å². The van der Waals surface area contributed by atoms with Gasteiger partial charge in [-0.2, -0.15) is 0 Å². The van der Waals surface area contributed by atoms with Crippen LogP contribution >= 0.6 is 11.8 Å². The second kappa shape index (κ2) is 9.84. The number of amides is 1. The van der Waals surface area contributed by atoms with E-state index < -0.39 is 0 Å². The maximum absolute atomic E-state index is 13.3. The first-order valence-electron chi connectivity index (χ1n) is 11.1. The second-order valence-electron chi connectivity index (χ2n) is 8.52. The average Bonchev–Trinajstić information content (AvgIpc) is 3.09. The van der Waals surface area contributed by atoms with Gasteiger partial charge in [0.05, 0.1) is 11.8 Å². The summed E-state index contributed by atoms with van der Waals surface area (Å²) >= 11 is 1.61. The number of aryl methyl sites for hydroxylation is 1. The SMILES string of the molecule is Cc1ccc(N2C(=O)/C(=C\c3ccc(C(C)C)cc3)N=C2SCC2CCCCO2)cc1. The highest BCUT2D eigenvalue weighted by Crippen LogP contribution is 2.31. The standard InChI is InChI=1S/C26H30N2O2S/c1-18(2)21-11-9-20(10-12-21)16-24-25(29)28(22-13-7-19(3)8-14-22)26(27-24)31-17-23-6-4-5-15-30-23/h7-14,16,18,23H,4-6,15,17H2,1-3H3/b24-16+. The third kappa shape index (κ3) is 5.28. The molecule has 1 atom stereocenters. The highest BCUT2D eigenvalue weighted by Gasteiger charge is 2.32. The number of nitrogens with zero attached hydrogens (tertiary/aromatic N) is 2. The summed E-state index contributed by atoms with van der Waals surface area (Å²) in [4.78, 5) is 19.8. The predicted molar refractivity (Wildman–Crippen MR) is 131 cm³/mol. The van der Waals surface area contributed by atoms with Crippen LogP contribution in [0.5, 0.6) is 0 Å². The zero-order valence-corrected chi connectivity index (χ0v) is 19.3. The van der Waals surface area contributed by atoms with Crippen molar-refractivity contribution in [3.05, 3.63) is 70.9 Å². The van der Waals surface area contributed by atoms with Gasteiger partial charge in [0.15, 0.2) is 5.17 Å². The van der Waals surface area contributed by atoms with E-state index in [1.165, 1.54) is 12.0 Å². The number of rotatable bonds is 5. The third-order valence-electron chi connectivity index (χ3n) is 5.70. The van der Waals surface area contributed by atoms with Gasteiger partial charge in [0.25, 0.3) is 5.91 Å². The quantitative estimate of drug-likeness (QED) is 0.529. The lowest BCUT2D eigenvalue weighted by atomic mass is 10.0. The van der Waals surface area contributed by atoms with E-state index in [-0.39, 0.29) is 12.0 Å². The van der Waals surface area contributed by atoms with E-state index in [1.54, 1.807) is 16.7 Å². The summed E-state index contributed by atoms with van der Waals surface area (Å²) in [6.45, 7) is 7.23. The first-order chi connectivity index (χ1) is 15.0. The highest BCUT2D eigenvalue weighted by molar-refractivity contribution is 8.14. The molecule has 0 aromatic heterocycles. The number of hydrogen-bond donors (Lipinski definition) is 0. The molecule has 0 aliphatic carbocycles. The molecule has 31 heavy (non-hydrogen) atoms. The molecule has 0 radical (unpaired) electrons. The molecule has 0 saturated carbocycles. The molecule has 5 heteroatoms. The van der Waals surface area contributed by atoms with Gasteiger partial charge in [0.2, 0.25) is 0 Å². The van der Waals surface area contributed by atoms with Gasteiger partial charge in [0, 0.05) is 12.4 Å². The molecule has 4 nitrogen and oxygen atoms in total. The Bertz CT molecular complexity index is 971. The van der Waals surface area contributed by atoms with Crippen LogP contribution in [0.1, 0.15) is 55.7 Å². The Hall–Kier alpha value is -2.37. The molecule has 1 fully saturated rings. The summed E-state index contributed by atoms with van der Waals surface area (Å²) in [7, 11) is 0. The van der Waals surface area contributed by atoms with Crippen LogP contribution in [0.2, 0.25) is 0 Å². The minimum Gasteiger partial charge on any atom is -0.377 e. The van der Waals surface area contributed by atoms with E-state index in [0.717, 1.165) is 47.2 Å². The smallest absolute Gasteiger partial charge is 0.283 e. The Balaban J connectivity index is 1.59. The second-order valence-corrected chi connectivity index (χ2v) is 9.51. The van der Waals surface area contributed by atoms with E-state index in [0.29, 0.717) is 11.6 Å². The van der Waals surface area contributed by atoms with Crippen molar-refractivity contribution in [3.63, 3.8) is 0 Å². The Morgan fingerprint density at radius 3 is 2.52 bits per heavy atom. The summed E-state index contributed by atoms with van der Waals surface area (Å²) in [6.07, 6.45) is 5.53. The lowest BCUT2D eigenvalue weighted by molar-refractivity contribution is -0.113. The molecule has 2 heterocycles. The number of aliphatic imine (C=N–C) groups is 1. The summed E-state index contributed by atoms with van der Waals surface area (Å²) in [6, 6.07) is 16.4. The van der Waals surface area contributed by atoms with Gasteiger partial charge in [-0.3, -0.25) is 9.69 Å². The fourth-order valence-electron chi connectivity index (χ4n) is 3.76. The average molecular weight is 435 g/mol. The van der Waals surface area contributed by atoms with Crippen LogP contribution in [0, 0.1) is 6.92 Å². The summed E-state index contributed by atoms with van der Waals surface area (Å²) in [5.41, 5.74) is 4.77. The number of ether oxygens (including phenoxy) is 1. The van der Waals surface area contributed by atoms with Crippen molar-refractivity contribution in [3.8, 4) is 0 Å².